The van der Waals surface area contributed by atoms with E-state index < -0.39 is 0 Å². The van der Waals surface area contributed by atoms with Crippen molar-refractivity contribution in [3.63, 3.8) is 0 Å². The van der Waals surface area contributed by atoms with Crippen LogP contribution in [0.1, 0.15) is 32.4 Å². The fraction of sp³-hybridized carbons (Fsp3) is 0.524. The van der Waals surface area contributed by atoms with Crippen molar-refractivity contribution in [1.29, 1.82) is 0 Å². The first-order valence-corrected chi connectivity index (χ1v) is 9.63. The number of piperidine rings is 1. The highest BCUT2D eigenvalue weighted by Crippen LogP contribution is 2.28. The van der Waals surface area contributed by atoms with E-state index in [4.69, 9.17) is 4.74 Å². The van der Waals surface area contributed by atoms with Gasteiger partial charge in [-0.2, -0.15) is 0 Å². The predicted octanol–water partition coefficient (Wildman–Crippen LogP) is 4.55. The summed E-state index contributed by atoms with van der Waals surface area (Å²) in [6, 6.07) is 5.41. The summed E-state index contributed by atoms with van der Waals surface area (Å²) in [5.41, 5.74) is 1.94. The molecule has 1 fully saturated rings. The highest BCUT2D eigenvalue weighted by Gasteiger charge is 2.21. The molecular weight excluding hydrogens is 379 g/mol. The Hall–Kier alpha value is -1.92. The zero-order chi connectivity index (χ0) is 19.4. The maximum absolute atomic E-state index is 14.3. The molecule has 0 saturated carbocycles. The van der Waals surface area contributed by atoms with Gasteiger partial charge in [-0.15, -0.1) is 12.4 Å². The molecule has 154 valence electrons. The third-order valence-corrected chi connectivity index (χ3v) is 5.28. The highest BCUT2D eigenvalue weighted by atomic mass is 35.5. The minimum Gasteiger partial charge on any atom is -0.497 e. The lowest BCUT2D eigenvalue weighted by molar-refractivity contribution is 0.145. The molecule has 1 aliphatic heterocycles. The first-order chi connectivity index (χ1) is 13.0. The van der Waals surface area contributed by atoms with Gasteiger partial charge in [0.25, 0.3) is 0 Å². The van der Waals surface area contributed by atoms with Crippen LogP contribution in [0.5, 0.6) is 5.75 Å². The van der Waals surface area contributed by atoms with Crippen LogP contribution in [-0.2, 0) is 0 Å². The summed E-state index contributed by atoms with van der Waals surface area (Å²) in [7, 11) is 1.52. The first-order valence-electron chi connectivity index (χ1n) is 9.63. The molecule has 0 aliphatic carbocycles. The molecule has 1 aromatic carbocycles. The first kappa shape index (κ1) is 22.4. The Morgan fingerprint density at radius 3 is 2.75 bits per heavy atom. The number of aromatic nitrogens is 2. The number of ether oxygens (including phenoxy) is 1. The summed E-state index contributed by atoms with van der Waals surface area (Å²) >= 11 is 0. The molecule has 3 rings (SSSR count). The Balaban J connectivity index is 0.00000280. The number of rotatable bonds is 6. The number of hydrogen-bond donors (Lipinski definition) is 1. The van der Waals surface area contributed by atoms with Crippen molar-refractivity contribution in [3.8, 4) is 16.9 Å². The Morgan fingerprint density at radius 1 is 1.32 bits per heavy atom. The zero-order valence-electron chi connectivity index (χ0n) is 17.0. The van der Waals surface area contributed by atoms with Crippen molar-refractivity contribution in [2.24, 2.45) is 5.92 Å². The molecule has 1 aromatic heterocycles. The molecule has 5 nitrogen and oxygen atoms in total. The number of hydrogen-bond acceptors (Lipinski definition) is 5. The summed E-state index contributed by atoms with van der Waals surface area (Å²) < 4.78 is 19.4. The van der Waals surface area contributed by atoms with Gasteiger partial charge in [0.2, 0.25) is 5.95 Å². The maximum atomic E-state index is 14.3. The molecule has 0 bridgehead atoms. The van der Waals surface area contributed by atoms with Crippen LogP contribution < -0.4 is 10.1 Å². The van der Waals surface area contributed by atoms with Gasteiger partial charge in [0.05, 0.1) is 12.8 Å². The second-order valence-corrected chi connectivity index (χ2v) is 7.52. The quantitative estimate of drug-likeness (QED) is 0.759. The van der Waals surface area contributed by atoms with Crippen LogP contribution in [0.4, 0.5) is 10.3 Å². The topological polar surface area (TPSA) is 50.3 Å². The summed E-state index contributed by atoms with van der Waals surface area (Å²) in [6.45, 7) is 9.54. The molecular formula is C21H30ClFN4O. The van der Waals surface area contributed by atoms with Crippen LogP contribution in [0.25, 0.3) is 11.1 Å². The molecule has 2 aromatic rings. The average Bonchev–Trinajstić information content (AvgIpc) is 2.67. The van der Waals surface area contributed by atoms with Crippen molar-refractivity contribution in [2.45, 2.75) is 39.7 Å². The average molecular weight is 409 g/mol. The Kier molecular flexibility index (Phi) is 8.01. The second kappa shape index (κ2) is 10.0. The number of anilines is 1. The van der Waals surface area contributed by atoms with Crippen LogP contribution in [0.3, 0.4) is 0 Å². The SMILES string of the molecule is COc1ccc(-c2cnc(NCC3CCCN(C(C)C)C3)nc2C)c(F)c1.Cl. The number of aryl methyl sites for hydroxylation is 1. The van der Waals surface area contributed by atoms with E-state index in [1.54, 1.807) is 18.3 Å². The van der Waals surface area contributed by atoms with Crippen LogP contribution in [-0.4, -0.2) is 47.7 Å². The predicted molar refractivity (Wildman–Crippen MR) is 114 cm³/mol. The number of likely N-dealkylation sites (tertiary alicyclic amines) is 1. The maximum Gasteiger partial charge on any atom is 0.222 e. The van der Waals surface area contributed by atoms with Crippen molar-refractivity contribution < 1.29 is 9.13 Å². The van der Waals surface area contributed by atoms with E-state index in [9.17, 15) is 4.39 Å². The summed E-state index contributed by atoms with van der Waals surface area (Å²) in [6.07, 6.45) is 4.15. The minimum atomic E-state index is -0.335. The van der Waals surface area contributed by atoms with E-state index in [0.29, 0.717) is 34.8 Å². The lowest BCUT2D eigenvalue weighted by atomic mass is 9.97. The van der Waals surface area contributed by atoms with Crippen molar-refractivity contribution in [2.75, 3.05) is 32.1 Å². The van der Waals surface area contributed by atoms with Gasteiger partial charge in [-0.05, 0) is 58.2 Å². The molecule has 28 heavy (non-hydrogen) atoms. The van der Waals surface area contributed by atoms with E-state index >= 15 is 0 Å². The molecule has 1 unspecified atom stereocenters. The van der Waals surface area contributed by atoms with Crippen LogP contribution >= 0.6 is 12.4 Å². The molecule has 7 heteroatoms. The molecule has 1 N–H and O–H groups in total. The second-order valence-electron chi connectivity index (χ2n) is 7.52. The fourth-order valence-corrected chi connectivity index (χ4v) is 3.63. The normalized spacial score (nSPS) is 17.3. The molecule has 0 amide bonds. The van der Waals surface area contributed by atoms with E-state index in [2.05, 4.69) is 34.0 Å². The fourth-order valence-electron chi connectivity index (χ4n) is 3.63. The van der Waals surface area contributed by atoms with Crippen LogP contribution in [0.15, 0.2) is 24.4 Å². The third-order valence-electron chi connectivity index (χ3n) is 5.28. The molecule has 1 saturated heterocycles. The number of nitrogens with one attached hydrogen (secondary N) is 1. The number of nitrogens with zero attached hydrogens (tertiary/aromatic N) is 3. The molecule has 2 heterocycles. The monoisotopic (exact) mass is 408 g/mol. The number of methoxy groups -OCH3 is 1. The van der Waals surface area contributed by atoms with Gasteiger partial charge in [-0.1, -0.05) is 0 Å². The largest absolute Gasteiger partial charge is 0.497 e. The third kappa shape index (κ3) is 5.32. The van der Waals surface area contributed by atoms with Gasteiger partial charge < -0.3 is 15.0 Å². The number of halogens is 2. The van der Waals surface area contributed by atoms with Gasteiger partial charge in [0.15, 0.2) is 0 Å². The lowest BCUT2D eigenvalue weighted by Gasteiger charge is -2.35. The van der Waals surface area contributed by atoms with Gasteiger partial charge in [0, 0.05) is 42.5 Å². The van der Waals surface area contributed by atoms with E-state index in [1.165, 1.54) is 32.6 Å². The molecule has 0 spiro atoms. The van der Waals surface area contributed by atoms with Gasteiger partial charge in [-0.3, -0.25) is 0 Å². The molecule has 1 aliphatic rings. The van der Waals surface area contributed by atoms with Crippen LogP contribution in [0, 0.1) is 18.7 Å². The highest BCUT2D eigenvalue weighted by molar-refractivity contribution is 5.85. The van der Waals surface area contributed by atoms with E-state index in [0.717, 1.165) is 18.8 Å². The standard InChI is InChI=1S/C21H29FN4O.ClH/c1-14(2)26-9-5-6-16(13-26)11-23-21-24-12-19(15(3)25-21)18-8-7-17(27-4)10-20(18)22;/h7-8,10,12,14,16H,5-6,9,11,13H2,1-4H3,(H,23,24,25);1H. The van der Waals surface area contributed by atoms with Crippen molar-refractivity contribution >= 4 is 18.4 Å². The zero-order valence-corrected chi connectivity index (χ0v) is 17.9. The Morgan fingerprint density at radius 2 is 2.11 bits per heavy atom. The number of benzene rings is 1. The minimum absolute atomic E-state index is 0. The Bertz CT molecular complexity index is 787. The summed E-state index contributed by atoms with van der Waals surface area (Å²) in [5, 5.41) is 3.36. The van der Waals surface area contributed by atoms with Crippen molar-refractivity contribution in [1.82, 2.24) is 14.9 Å². The smallest absolute Gasteiger partial charge is 0.222 e. The van der Waals surface area contributed by atoms with Crippen molar-refractivity contribution in [3.05, 3.63) is 35.9 Å². The summed E-state index contributed by atoms with van der Waals surface area (Å²) in [5.74, 6) is 1.37. The van der Waals surface area contributed by atoms with Gasteiger partial charge in [0.1, 0.15) is 11.6 Å². The lowest BCUT2D eigenvalue weighted by Crippen LogP contribution is -2.41. The molecule has 0 radical (unpaired) electrons. The van der Waals surface area contributed by atoms with Gasteiger partial charge in [-0.25, -0.2) is 14.4 Å². The van der Waals surface area contributed by atoms with Crippen LogP contribution in [0.2, 0.25) is 0 Å². The van der Waals surface area contributed by atoms with E-state index in [1.807, 2.05) is 6.92 Å². The van der Waals surface area contributed by atoms with E-state index in [-0.39, 0.29) is 18.2 Å². The molecule has 1 atom stereocenters. The Labute approximate surface area is 173 Å². The van der Waals surface area contributed by atoms with Gasteiger partial charge >= 0.3 is 0 Å². The summed E-state index contributed by atoms with van der Waals surface area (Å²) in [4.78, 5) is 11.5.